The molecule has 2 rings (SSSR count). The van der Waals surface area contributed by atoms with Gasteiger partial charge in [-0.15, -0.1) is 0 Å². The van der Waals surface area contributed by atoms with Gasteiger partial charge in [-0.2, -0.15) is 0 Å². The Labute approximate surface area is 124 Å². The van der Waals surface area contributed by atoms with Crippen LogP contribution in [-0.2, 0) is 4.74 Å². The van der Waals surface area contributed by atoms with Gasteiger partial charge in [-0.25, -0.2) is 4.79 Å². The number of methoxy groups -OCH3 is 1. The zero-order valence-electron chi connectivity index (χ0n) is 12.7. The van der Waals surface area contributed by atoms with E-state index in [2.05, 4.69) is 12.2 Å². The second-order valence-corrected chi connectivity index (χ2v) is 5.52. The summed E-state index contributed by atoms with van der Waals surface area (Å²) < 4.78 is 5.64. The van der Waals surface area contributed by atoms with Crippen LogP contribution in [0.4, 0.5) is 4.79 Å². The van der Waals surface area contributed by atoms with Crippen molar-refractivity contribution in [2.75, 3.05) is 7.11 Å². The number of fused-ring (bicyclic) bond motifs is 1. The minimum Gasteiger partial charge on any atom is -0.508 e. The number of rotatable bonds is 4. The lowest BCUT2D eigenvalue weighted by molar-refractivity contribution is 0.0283. The van der Waals surface area contributed by atoms with Gasteiger partial charge in [0.05, 0.1) is 12.1 Å². The van der Waals surface area contributed by atoms with Gasteiger partial charge in [0.15, 0.2) is 0 Å². The van der Waals surface area contributed by atoms with Crippen LogP contribution in [0.1, 0.15) is 49.7 Å². The quantitative estimate of drug-likeness (QED) is 0.797. The maximum absolute atomic E-state index is 11.1. The molecule has 21 heavy (non-hydrogen) atoms. The summed E-state index contributed by atoms with van der Waals surface area (Å²) in [5.41, 5.74) is 2.17. The molecule has 2 unspecified atom stereocenters. The third-order valence-corrected chi connectivity index (χ3v) is 4.50. The summed E-state index contributed by atoms with van der Waals surface area (Å²) in [6.07, 6.45) is 0.384. The largest absolute Gasteiger partial charge is 0.508 e. The lowest BCUT2D eigenvalue weighted by Crippen LogP contribution is -2.52. The molecule has 5 heteroatoms. The van der Waals surface area contributed by atoms with Gasteiger partial charge in [0, 0.05) is 18.9 Å². The van der Waals surface area contributed by atoms with Gasteiger partial charge in [0.1, 0.15) is 5.75 Å². The molecule has 116 valence electrons. The summed E-state index contributed by atoms with van der Waals surface area (Å²) in [5.74, 6) is 0.327. The third kappa shape index (κ3) is 2.83. The predicted octanol–water partition coefficient (Wildman–Crippen LogP) is 3.04. The number of phenols is 1. The van der Waals surface area contributed by atoms with E-state index in [-0.39, 0.29) is 29.7 Å². The zero-order valence-corrected chi connectivity index (χ0v) is 12.7. The number of nitrogens with one attached hydrogen (secondary N) is 1. The molecule has 1 aliphatic carbocycles. The first-order chi connectivity index (χ1) is 10.0. The van der Waals surface area contributed by atoms with Crippen LogP contribution in [0.5, 0.6) is 5.75 Å². The van der Waals surface area contributed by atoms with Crippen molar-refractivity contribution in [3.8, 4) is 5.75 Å². The number of amides is 1. The van der Waals surface area contributed by atoms with Gasteiger partial charge >= 0.3 is 6.09 Å². The molecule has 4 atom stereocenters. The fraction of sp³-hybridized carbons (Fsp3) is 0.562. The van der Waals surface area contributed by atoms with Crippen molar-refractivity contribution in [3.05, 3.63) is 29.3 Å². The maximum Gasteiger partial charge on any atom is 0.404 e. The maximum atomic E-state index is 11.1. The van der Waals surface area contributed by atoms with E-state index < -0.39 is 6.09 Å². The fourth-order valence-corrected chi connectivity index (χ4v) is 3.63. The lowest BCUT2D eigenvalue weighted by atomic mass is 9.70. The van der Waals surface area contributed by atoms with Gasteiger partial charge in [-0.05, 0) is 36.1 Å². The standard InChI is InChI=1S/C16H23NO4/c1-4-10-13-8-9(18)6-7-12(13)11(5-2)15(21-3)14(10)17-16(19)20/h6-8,10-11,14-15,17-18H,4-5H2,1-3H3,(H,19,20)/t10?,11?,14-,15-/m0/s1. The Morgan fingerprint density at radius 3 is 2.43 bits per heavy atom. The summed E-state index contributed by atoms with van der Waals surface area (Å²) in [4.78, 5) is 11.1. The van der Waals surface area contributed by atoms with E-state index in [1.807, 2.05) is 13.0 Å². The fourth-order valence-electron chi connectivity index (χ4n) is 3.63. The van der Waals surface area contributed by atoms with Gasteiger partial charge < -0.3 is 20.3 Å². The molecule has 0 aliphatic heterocycles. The number of hydrogen-bond donors (Lipinski definition) is 3. The summed E-state index contributed by atoms with van der Waals surface area (Å²) in [7, 11) is 1.63. The van der Waals surface area contributed by atoms with Crippen molar-refractivity contribution < 1.29 is 19.7 Å². The molecule has 0 radical (unpaired) electrons. The van der Waals surface area contributed by atoms with Crippen molar-refractivity contribution in [1.29, 1.82) is 0 Å². The van der Waals surface area contributed by atoms with Crippen molar-refractivity contribution in [2.45, 2.75) is 50.7 Å². The molecule has 0 bridgehead atoms. The summed E-state index contributed by atoms with van der Waals surface area (Å²) >= 11 is 0. The van der Waals surface area contributed by atoms with Crippen LogP contribution in [0.15, 0.2) is 18.2 Å². The Balaban J connectivity index is 2.54. The van der Waals surface area contributed by atoms with Crippen molar-refractivity contribution in [3.63, 3.8) is 0 Å². The summed E-state index contributed by atoms with van der Waals surface area (Å²) in [6, 6.07) is 5.07. The molecule has 0 spiro atoms. The number of phenolic OH excluding ortho intramolecular Hbond substituents is 1. The number of ether oxygens (including phenoxy) is 1. The van der Waals surface area contributed by atoms with E-state index in [1.54, 1.807) is 19.2 Å². The Morgan fingerprint density at radius 1 is 1.24 bits per heavy atom. The molecule has 0 saturated carbocycles. The first-order valence-electron chi connectivity index (χ1n) is 7.38. The molecule has 5 nitrogen and oxygen atoms in total. The predicted molar refractivity (Wildman–Crippen MR) is 79.9 cm³/mol. The molecule has 0 aromatic heterocycles. The third-order valence-electron chi connectivity index (χ3n) is 4.50. The van der Waals surface area contributed by atoms with Crippen LogP contribution in [0.2, 0.25) is 0 Å². The van der Waals surface area contributed by atoms with Crippen LogP contribution in [0.25, 0.3) is 0 Å². The average Bonchev–Trinajstić information content (AvgIpc) is 2.45. The molecule has 0 heterocycles. The van der Waals surface area contributed by atoms with Crippen molar-refractivity contribution >= 4 is 6.09 Å². The van der Waals surface area contributed by atoms with Crippen LogP contribution >= 0.6 is 0 Å². The Hall–Kier alpha value is -1.75. The summed E-state index contributed by atoms with van der Waals surface area (Å²) in [6.45, 7) is 4.09. The van der Waals surface area contributed by atoms with E-state index in [9.17, 15) is 9.90 Å². The lowest BCUT2D eigenvalue weighted by Gasteiger charge is -2.43. The SMILES string of the molecule is CCC1c2cc(O)ccc2C(CC)[C@H](OC)[C@H]1NC(=O)O. The van der Waals surface area contributed by atoms with E-state index in [0.717, 1.165) is 24.0 Å². The van der Waals surface area contributed by atoms with Gasteiger partial charge in [-0.1, -0.05) is 19.9 Å². The number of carbonyl (C=O) groups is 1. The van der Waals surface area contributed by atoms with Gasteiger partial charge in [0.2, 0.25) is 0 Å². The minimum atomic E-state index is -1.04. The molecule has 0 fully saturated rings. The Kier molecular flexibility index (Phi) is 4.73. The number of benzene rings is 1. The van der Waals surface area contributed by atoms with Crippen LogP contribution in [-0.4, -0.2) is 35.6 Å². The first-order valence-corrected chi connectivity index (χ1v) is 7.38. The van der Waals surface area contributed by atoms with Crippen molar-refractivity contribution in [1.82, 2.24) is 5.32 Å². The van der Waals surface area contributed by atoms with E-state index in [0.29, 0.717) is 0 Å². The first kappa shape index (κ1) is 15.6. The number of hydrogen-bond acceptors (Lipinski definition) is 3. The topological polar surface area (TPSA) is 78.8 Å². The molecule has 1 amide bonds. The van der Waals surface area contributed by atoms with E-state index in [4.69, 9.17) is 9.84 Å². The highest BCUT2D eigenvalue weighted by Gasteiger charge is 2.42. The average molecular weight is 293 g/mol. The second-order valence-electron chi connectivity index (χ2n) is 5.52. The molecule has 3 N–H and O–H groups in total. The highest BCUT2D eigenvalue weighted by atomic mass is 16.5. The van der Waals surface area contributed by atoms with E-state index in [1.165, 1.54) is 0 Å². The monoisotopic (exact) mass is 293 g/mol. The van der Waals surface area contributed by atoms with Gasteiger partial charge in [-0.3, -0.25) is 0 Å². The smallest absolute Gasteiger partial charge is 0.404 e. The molecule has 1 aliphatic rings. The van der Waals surface area contributed by atoms with E-state index >= 15 is 0 Å². The highest BCUT2D eigenvalue weighted by molar-refractivity contribution is 5.65. The number of aromatic hydroxyl groups is 1. The van der Waals surface area contributed by atoms with Crippen LogP contribution in [0.3, 0.4) is 0 Å². The number of carboxylic acid groups (broad SMARTS) is 1. The van der Waals surface area contributed by atoms with Gasteiger partial charge in [0.25, 0.3) is 0 Å². The van der Waals surface area contributed by atoms with Crippen LogP contribution < -0.4 is 5.32 Å². The zero-order chi connectivity index (χ0) is 15.6. The Bertz CT molecular complexity index is 517. The van der Waals surface area contributed by atoms with Crippen LogP contribution in [0, 0.1) is 0 Å². The second kappa shape index (κ2) is 6.35. The normalized spacial score (nSPS) is 28.0. The van der Waals surface area contributed by atoms with Crippen molar-refractivity contribution in [2.24, 2.45) is 0 Å². The highest BCUT2D eigenvalue weighted by Crippen LogP contribution is 2.44. The Morgan fingerprint density at radius 2 is 1.90 bits per heavy atom. The molecule has 0 saturated heterocycles. The molecular formula is C16H23NO4. The summed E-state index contributed by atoms with van der Waals surface area (Å²) in [5, 5.41) is 21.5. The molecule has 1 aromatic rings. The molecular weight excluding hydrogens is 270 g/mol. The molecule has 1 aromatic carbocycles. The minimum absolute atomic E-state index is 0.00375.